The number of halogens is 2. The molecule has 1 N–H and O–H groups in total. The van der Waals surface area contributed by atoms with Crippen LogP contribution in [0.4, 0.5) is 0 Å². The number of fused-ring (bicyclic) bond motifs is 1. The van der Waals surface area contributed by atoms with Gasteiger partial charge in [0.15, 0.2) is 15.6 Å². The molecule has 0 fully saturated rings. The molecule has 4 aromatic rings. The molecule has 1 aromatic heterocycles. The molecule has 0 saturated heterocycles. The minimum atomic E-state index is -3.27. The maximum atomic E-state index is 12.7. The number of H-pyrrole nitrogens is 1. The van der Waals surface area contributed by atoms with E-state index in [1.165, 1.54) is 12.1 Å². The van der Waals surface area contributed by atoms with Gasteiger partial charge in [-0.2, -0.15) is 0 Å². The van der Waals surface area contributed by atoms with E-state index in [1.807, 2.05) is 0 Å². The number of aromatic amines is 1. The minimum Gasteiger partial charge on any atom is -0.338 e. The molecule has 0 spiro atoms. The van der Waals surface area contributed by atoms with Crippen LogP contribution in [0.1, 0.15) is 15.9 Å². The lowest BCUT2D eigenvalue weighted by Crippen LogP contribution is -2.04. The quantitative estimate of drug-likeness (QED) is 0.407. The summed E-state index contributed by atoms with van der Waals surface area (Å²) in [7, 11) is -3.27. The third-order valence-electron chi connectivity index (χ3n) is 4.72. The largest absolute Gasteiger partial charge is 0.338 e. The third-order valence-corrected chi connectivity index (χ3v) is 6.48. The number of benzene rings is 3. The fraction of sp³-hybridized carbons (Fsp3) is 0.0909. The normalized spacial score (nSPS) is 11.7. The third kappa shape index (κ3) is 4.12. The lowest BCUT2D eigenvalue weighted by atomic mass is 10.0. The Bertz CT molecular complexity index is 1360. The average molecular weight is 459 g/mol. The Kier molecular flexibility index (Phi) is 5.40. The van der Waals surface area contributed by atoms with Gasteiger partial charge in [-0.1, -0.05) is 41.4 Å². The monoisotopic (exact) mass is 458 g/mol. The summed E-state index contributed by atoms with van der Waals surface area (Å²) in [6.45, 7) is 0. The van der Waals surface area contributed by atoms with Crippen molar-refractivity contribution in [3.05, 3.63) is 81.8 Å². The zero-order valence-corrected chi connectivity index (χ0v) is 18.1. The van der Waals surface area contributed by atoms with Crippen LogP contribution in [0.15, 0.2) is 65.6 Å². The molecule has 0 unspecified atom stereocenters. The van der Waals surface area contributed by atoms with Gasteiger partial charge < -0.3 is 4.98 Å². The number of nitrogens with one attached hydrogen (secondary N) is 1. The van der Waals surface area contributed by atoms with Gasteiger partial charge in [-0.25, -0.2) is 13.4 Å². The minimum absolute atomic E-state index is 0.0871. The average Bonchev–Trinajstić information content (AvgIpc) is 3.10. The predicted molar refractivity (Wildman–Crippen MR) is 119 cm³/mol. The zero-order chi connectivity index (χ0) is 21.5. The van der Waals surface area contributed by atoms with Gasteiger partial charge in [-0.15, -0.1) is 0 Å². The number of carbonyl (C=O) groups is 1. The number of hydrogen-bond donors (Lipinski definition) is 1. The number of rotatable bonds is 5. The van der Waals surface area contributed by atoms with Crippen molar-refractivity contribution < 1.29 is 13.2 Å². The van der Waals surface area contributed by atoms with E-state index in [0.29, 0.717) is 38.0 Å². The summed E-state index contributed by atoms with van der Waals surface area (Å²) in [6.07, 6.45) is 1.31. The van der Waals surface area contributed by atoms with E-state index < -0.39 is 9.84 Å². The molecule has 0 aliphatic carbocycles. The first-order valence-corrected chi connectivity index (χ1v) is 11.6. The van der Waals surface area contributed by atoms with E-state index in [4.69, 9.17) is 23.2 Å². The fourth-order valence-electron chi connectivity index (χ4n) is 3.17. The predicted octanol–water partition coefficient (Wildman–Crippen LogP) is 5.37. The molecule has 152 valence electrons. The van der Waals surface area contributed by atoms with E-state index >= 15 is 0 Å². The number of aromatic nitrogens is 2. The molecule has 30 heavy (non-hydrogen) atoms. The van der Waals surface area contributed by atoms with Crippen LogP contribution in [0.5, 0.6) is 0 Å². The van der Waals surface area contributed by atoms with Crippen molar-refractivity contribution in [2.24, 2.45) is 0 Å². The molecule has 0 amide bonds. The molecule has 0 atom stereocenters. The number of imidazole rings is 1. The van der Waals surface area contributed by atoms with Gasteiger partial charge in [0.2, 0.25) is 0 Å². The van der Waals surface area contributed by atoms with Crippen LogP contribution in [0.3, 0.4) is 0 Å². The van der Waals surface area contributed by atoms with Crippen LogP contribution in [0, 0.1) is 0 Å². The standard InChI is InChI=1S/C22H16Cl2N2O3S/c1-30(28,29)15-8-5-13(6-9-15)11-20(27)14-7-10-18-19(12-14)26-22(25-18)21-16(23)3-2-4-17(21)24/h2-10,12H,11H2,1H3,(H,25,26). The maximum absolute atomic E-state index is 12.7. The number of nitrogens with zero attached hydrogens (tertiary/aromatic N) is 1. The van der Waals surface area contributed by atoms with Crippen LogP contribution < -0.4 is 0 Å². The lowest BCUT2D eigenvalue weighted by Gasteiger charge is -2.04. The van der Waals surface area contributed by atoms with Crippen molar-refractivity contribution in [2.45, 2.75) is 11.3 Å². The highest BCUT2D eigenvalue weighted by Gasteiger charge is 2.15. The molecule has 0 saturated carbocycles. The number of carbonyl (C=O) groups excluding carboxylic acids is 1. The first-order valence-electron chi connectivity index (χ1n) is 8.99. The van der Waals surface area contributed by atoms with E-state index in [1.54, 1.807) is 48.5 Å². The molecule has 0 radical (unpaired) electrons. The molecule has 8 heteroatoms. The van der Waals surface area contributed by atoms with Crippen molar-refractivity contribution in [1.82, 2.24) is 9.97 Å². The van der Waals surface area contributed by atoms with Gasteiger partial charge in [-0.05, 0) is 48.0 Å². The summed E-state index contributed by atoms with van der Waals surface area (Å²) in [5, 5.41) is 0.964. The molecule has 0 bridgehead atoms. The number of hydrogen-bond acceptors (Lipinski definition) is 4. The van der Waals surface area contributed by atoms with Crippen molar-refractivity contribution in [3.8, 4) is 11.4 Å². The Morgan fingerprint density at radius 2 is 1.67 bits per heavy atom. The van der Waals surface area contributed by atoms with Gasteiger partial charge in [0, 0.05) is 18.2 Å². The Morgan fingerprint density at radius 3 is 2.30 bits per heavy atom. The van der Waals surface area contributed by atoms with Crippen molar-refractivity contribution in [1.29, 1.82) is 0 Å². The second kappa shape index (κ2) is 7.87. The van der Waals surface area contributed by atoms with Crippen molar-refractivity contribution >= 4 is 49.9 Å². The van der Waals surface area contributed by atoms with Gasteiger partial charge in [0.1, 0.15) is 5.82 Å². The summed E-state index contributed by atoms with van der Waals surface area (Å²) in [5.74, 6) is 0.442. The highest BCUT2D eigenvalue weighted by molar-refractivity contribution is 7.90. The van der Waals surface area contributed by atoms with Gasteiger partial charge in [0.05, 0.1) is 31.5 Å². The van der Waals surface area contributed by atoms with E-state index in [-0.39, 0.29) is 17.1 Å². The van der Waals surface area contributed by atoms with Crippen molar-refractivity contribution in [2.75, 3.05) is 6.26 Å². The SMILES string of the molecule is CS(=O)(=O)c1ccc(CC(=O)c2ccc3nc(-c4c(Cl)cccc4Cl)[nH]c3c2)cc1. The molecular weight excluding hydrogens is 443 g/mol. The van der Waals surface area contributed by atoms with Gasteiger partial charge >= 0.3 is 0 Å². The summed E-state index contributed by atoms with van der Waals surface area (Å²) in [5.41, 5.74) is 3.25. The molecule has 4 rings (SSSR count). The lowest BCUT2D eigenvalue weighted by molar-refractivity contribution is 0.0993. The topological polar surface area (TPSA) is 79.9 Å². The second-order valence-electron chi connectivity index (χ2n) is 6.93. The molecule has 0 aliphatic heterocycles. The number of sulfone groups is 1. The molecule has 1 heterocycles. The number of Topliss-reactive ketones (excluding diaryl/α,β-unsaturated/α-hetero) is 1. The second-order valence-corrected chi connectivity index (χ2v) is 9.76. The summed E-state index contributed by atoms with van der Waals surface area (Å²) < 4.78 is 23.1. The molecule has 0 aliphatic rings. The van der Waals surface area contributed by atoms with Gasteiger partial charge in [-0.3, -0.25) is 4.79 Å². The highest BCUT2D eigenvalue weighted by Crippen LogP contribution is 2.34. The Labute approximate surface area is 183 Å². The van der Waals surface area contributed by atoms with Crippen LogP contribution in [-0.2, 0) is 16.3 Å². The summed E-state index contributed by atoms with van der Waals surface area (Å²) in [4.78, 5) is 20.7. The van der Waals surface area contributed by atoms with E-state index in [0.717, 1.165) is 11.8 Å². The smallest absolute Gasteiger partial charge is 0.175 e. The van der Waals surface area contributed by atoms with E-state index in [9.17, 15) is 13.2 Å². The Morgan fingerprint density at radius 1 is 1.00 bits per heavy atom. The van der Waals surface area contributed by atoms with E-state index in [2.05, 4.69) is 9.97 Å². The van der Waals surface area contributed by atoms with Crippen molar-refractivity contribution in [3.63, 3.8) is 0 Å². The summed E-state index contributed by atoms with van der Waals surface area (Å²) >= 11 is 12.5. The zero-order valence-electron chi connectivity index (χ0n) is 15.8. The fourth-order valence-corrected chi connectivity index (χ4v) is 4.37. The first kappa shape index (κ1) is 20.6. The number of ketones is 1. The molecule has 5 nitrogen and oxygen atoms in total. The maximum Gasteiger partial charge on any atom is 0.175 e. The van der Waals surface area contributed by atoms with Crippen LogP contribution >= 0.6 is 23.2 Å². The van der Waals surface area contributed by atoms with Crippen LogP contribution in [0.2, 0.25) is 10.0 Å². The molecular formula is C22H16Cl2N2O3S. The summed E-state index contributed by atoms with van der Waals surface area (Å²) in [6, 6.07) is 16.8. The molecule has 3 aromatic carbocycles. The van der Waals surface area contributed by atoms with Gasteiger partial charge in [0.25, 0.3) is 0 Å². The highest BCUT2D eigenvalue weighted by atomic mass is 35.5. The Hall–Kier alpha value is -2.67. The first-order chi connectivity index (χ1) is 14.2. The Balaban J connectivity index is 1.61. The van der Waals surface area contributed by atoms with Crippen LogP contribution in [0.25, 0.3) is 22.4 Å². The van der Waals surface area contributed by atoms with Crippen LogP contribution in [-0.4, -0.2) is 30.4 Å².